The van der Waals surface area contributed by atoms with Crippen molar-refractivity contribution in [2.45, 2.75) is 78.8 Å². The highest BCUT2D eigenvalue weighted by Gasteiger charge is 2.33. The molecular formula is C36H47ClN6O3S. The number of allylic oxidation sites excluding steroid dienone is 2. The van der Waals surface area contributed by atoms with Crippen molar-refractivity contribution < 1.29 is 14.7 Å². The molecule has 0 radical (unpaired) electrons. The number of carbonyl (C=O) groups excluding carboxylic acids is 1. The average Bonchev–Trinajstić information content (AvgIpc) is 3.01. The summed E-state index contributed by atoms with van der Waals surface area (Å²) >= 11 is 8.31. The Kier molecular flexibility index (Phi) is 13.1. The number of rotatable bonds is 10. The number of carbonyl (C=O) groups is 2. The third kappa shape index (κ3) is 8.99. The topological polar surface area (TPSA) is 121 Å². The van der Waals surface area contributed by atoms with Gasteiger partial charge in [-0.25, -0.2) is 19.7 Å². The van der Waals surface area contributed by atoms with Crippen molar-refractivity contribution >= 4 is 62.7 Å². The SMILES string of the molecule is C/C=C(/C(=O)NCC1CN(c2nc(Sc3ccc4ccc(C(=O)O)nc4c3)nc(C)c2/C(Cl)=C(\C)CC)C1)C(=NC)C(C)(C)C.CC. The van der Waals surface area contributed by atoms with Crippen molar-refractivity contribution in [1.29, 1.82) is 0 Å². The van der Waals surface area contributed by atoms with Crippen LogP contribution in [0.15, 0.2) is 62.6 Å². The van der Waals surface area contributed by atoms with Crippen molar-refractivity contribution in [3.8, 4) is 0 Å². The largest absolute Gasteiger partial charge is 0.477 e. The van der Waals surface area contributed by atoms with E-state index in [0.29, 0.717) is 40.9 Å². The van der Waals surface area contributed by atoms with E-state index < -0.39 is 5.97 Å². The summed E-state index contributed by atoms with van der Waals surface area (Å²) in [6, 6.07) is 8.96. The first-order valence-corrected chi connectivity index (χ1v) is 17.2. The number of aromatic nitrogens is 3. The maximum Gasteiger partial charge on any atom is 0.354 e. The molecule has 0 saturated carbocycles. The number of anilines is 1. The smallest absolute Gasteiger partial charge is 0.354 e. The third-order valence-electron chi connectivity index (χ3n) is 7.80. The lowest BCUT2D eigenvalue weighted by Gasteiger charge is -2.41. The molecule has 47 heavy (non-hydrogen) atoms. The number of aromatic carboxylic acids is 1. The van der Waals surface area contributed by atoms with Crippen molar-refractivity contribution in [3.63, 3.8) is 0 Å². The number of carboxylic acid groups (broad SMARTS) is 1. The predicted octanol–water partition coefficient (Wildman–Crippen LogP) is 8.20. The van der Waals surface area contributed by atoms with Gasteiger partial charge >= 0.3 is 5.97 Å². The molecule has 252 valence electrons. The van der Waals surface area contributed by atoms with Gasteiger partial charge in [-0.2, -0.15) is 0 Å². The second-order valence-electron chi connectivity index (χ2n) is 12.2. The highest BCUT2D eigenvalue weighted by molar-refractivity contribution is 7.99. The molecule has 1 aliphatic heterocycles. The summed E-state index contributed by atoms with van der Waals surface area (Å²) in [4.78, 5) is 46.0. The number of benzene rings is 1. The van der Waals surface area contributed by atoms with Crippen LogP contribution in [-0.4, -0.2) is 64.3 Å². The quantitative estimate of drug-likeness (QED) is 0.125. The Hall–Kier alpha value is -3.76. The summed E-state index contributed by atoms with van der Waals surface area (Å²) in [5.74, 6) is -0.179. The van der Waals surface area contributed by atoms with Crippen LogP contribution in [0.2, 0.25) is 0 Å². The highest BCUT2D eigenvalue weighted by Crippen LogP contribution is 2.39. The summed E-state index contributed by atoms with van der Waals surface area (Å²) in [5, 5.41) is 14.5. The Morgan fingerprint density at radius 1 is 1.15 bits per heavy atom. The first-order chi connectivity index (χ1) is 22.3. The molecule has 2 aromatic heterocycles. The Balaban J connectivity index is 0.00000294. The second-order valence-corrected chi connectivity index (χ2v) is 13.6. The predicted molar refractivity (Wildman–Crippen MR) is 195 cm³/mol. The van der Waals surface area contributed by atoms with Gasteiger partial charge in [0.25, 0.3) is 5.91 Å². The van der Waals surface area contributed by atoms with Crippen molar-refractivity contribution in [3.05, 3.63) is 64.5 Å². The molecule has 3 heterocycles. The van der Waals surface area contributed by atoms with Crippen LogP contribution in [0.25, 0.3) is 15.9 Å². The van der Waals surface area contributed by atoms with E-state index in [4.69, 9.17) is 21.6 Å². The van der Waals surface area contributed by atoms with Gasteiger partial charge in [0, 0.05) is 48.3 Å². The minimum atomic E-state index is -1.07. The van der Waals surface area contributed by atoms with Gasteiger partial charge in [0.15, 0.2) is 5.16 Å². The number of fused-ring (bicyclic) bond motifs is 1. The van der Waals surface area contributed by atoms with Gasteiger partial charge in [-0.15, -0.1) is 0 Å². The summed E-state index contributed by atoms with van der Waals surface area (Å²) in [7, 11) is 1.72. The summed E-state index contributed by atoms with van der Waals surface area (Å²) in [5.41, 5.74) is 4.37. The van der Waals surface area contributed by atoms with Crippen molar-refractivity contribution in [1.82, 2.24) is 20.3 Å². The van der Waals surface area contributed by atoms with E-state index in [-0.39, 0.29) is 22.9 Å². The molecule has 1 fully saturated rings. The Labute approximate surface area is 288 Å². The first-order valence-electron chi connectivity index (χ1n) is 16.0. The maximum absolute atomic E-state index is 13.1. The normalized spacial score (nSPS) is 14.7. The van der Waals surface area contributed by atoms with Crippen LogP contribution >= 0.6 is 23.4 Å². The minimum Gasteiger partial charge on any atom is -0.477 e. The fraction of sp³-hybridized carbons (Fsp3) is 0.444. The molecular weight excluding hydrogens is 632 g/mol. The van der Waals surface area contributed by atoms with Gasteiger partial charge in [0.2, 0.25) is 0 Å². The number of amides is 1. The zero-order valence-corrected chi connectivity index (χ0v) is 30.7. The number of pyridine rings is 1. The van der Waals surface area contributed by atoms with E-state index in [1.807, 2.05) is 58.9 Å². The highest BCUT2D eigenvalue weighted by atomic mass is 35.5. The monoisotopic (exact) mass is 678 g/mol. The third-order valence-corrected chi connectivity index (χ3v) is 9.16. The zero-order chi connectivity index (χ0) is 35.1. The Bertz CT molecular complexity index is 1720. The fourth-order valence-corrected chi connectivity index (χ4v) is 6.44. The number of carboxylic acids is 1. The Morgan fingerprint density at radius 3 is 2.38 bits per heavy atom. The van der Waals surface area contributed by atoms with Crippen LogP contribution in [0.3, 0.4) is 0 Å². The lowest BCUT2D eigenvalue weighted by Crippen LogP contribution is -2.52. The maximum atomic E-state index is 13.1. The van der Waals surface area contributed by atoms with Gasteiger partial charge < -0.3 is 15.3 Å². The van der Waals surface area contributed by atoms with Gasteiger partial charge in [-0.05, 0) is 57.2 Å². The number of halogens is 1. The van der Waals surface area contributed by atoms with E-state index in [9.17, 15) is 14.7 Å². The van der Waals surface area contributed by atoms with E-state index in [1.54, 1.807) is 13.1 Å². The lowest BCUT2D eigenvalue weighted by molar-refractivity contribution is -0.117. The van der Waals surface area contributed by atoms with Crippen LogP contribution < -0.4 is 10.2 Å². The first kappa shape index (κ1) is 37.7. The molecule has 4 rings (SSSR count). The van der Waals surface area contributed by atoms with Crippen LogP contribution in [0.5, 0.6) is 0 Å². The molecule has 11 heteroatoms. The van der Waals surface area contributed by atoms with Crippen LogP contribution in [-0.2, 0) is 4.79 Å². The van der Waals surface area contributed by atoms with Crippen molar-refractivity contribution in [2.24, 2.45) is 16.3 Å². The zero-order valence-electron chi connectivity index (χ0n) is 29.2. The van der Waals surface area contributed by atoms with Crippen LogP contribution in [0.4, 0.5) is 5.82 Å². The molecule has 0 aliphatic carbocycles. The molecule has 3 aromatic rings. The number of aliphatic imine (C=N–C) groups is 1. The minimum absolute atomic E-state index is 0.00490. The van der Waals surface area contributed by atoms with Crippen LogP contribution in [0, 0.1) is 18.3 Å². The van der Waals surface area contributed by atoms with Gasteiger partial charge in [-0.1, -0.05) is 76.9 Å². The van der Waals surface area contributed by atoms with Gasteiger partial charge in [0.05, 0.1) is 33.1 Å². The Morgan fingerprint density at radius 2 is 1.81 bits per heavy atom. The van der Waals surface area contributed by atoms with E-state index in [2.05, 4.69) is 47.9 Å². The average molecular weight is 679 g/mol. The summed E-state index contributed by atoms with van der Waals surface area (Å²) < 4.78 is 0. The molecule has 1 aromatic carbocycles. The number of hydrogen-bond donors (Lipinski definition) is 2. The number of aryl methyl sites for hydroxylation is 1. The molecule has 2 N–H and O–H groups in total. The molecule has 0 atom stereocenters. The summed E-state index contributed by atoms with van der Waals surface area (Å²) in [6.07, 6.45) is 2.63. The lowest BCUT2D eigenvalue weighted by atomic mass is 9.84. The molecule has 9 nitrogen and oxygen atoms in total. The fourth-order valence-electron chi connectivity index (χ4n) is 5.26. The number of hydrogen-bond acceptors (Lipinski definition) is 8. The number of nitrogens with zero attached hydrogens (tertiary/aromatic N) is 5. The van der Waals surface area contributed by atoms with E-state index >= 15 is 0 Å². The van der Waals surface area contributed by atoms with E-state index in [0.717, 1.165) is 45.1 Å². The van der Waals surface area contributed by atoms with Crippen molar-refractivity contribution in [2.75, 3.05) is 31.6 Å². The molecule has 0 spiro atoms. The molecule has 0 bridgehead atoms. The molecule has 1 saturated heterocycles. The van der Waals surface area contributed by atoms with Gasteiger partial charge in [-0.3, -0.25) is 9.79 Å². The molecule has 1 amide bonds. The van der Waals surface area contributed by atoms with E-state index in [1.165, 1.54) is 17.8 Å². The summed E-state index contributed by atoms with van der Waals surface area (Å²) in [6.45, 7) is 20.0. The molecule has 0 unspecified atom stereocenters. The van der Waals surface area contributed by atoms with Gasteiger partial charge in [0.1, 0.15) is 11.5 Å². The van der Waals surface area contributed by atoms with Crippen LogP contribution in [0.1, 0.15) is 83.6 Å². The standard InChI is InChI=1S/C34H41ClN6O3S.C2H6/c1-9-19(3)28(35)27-20(4)38-33(45-23-13-11-22-12-14-25(32(43)44)39-26(22)15-23)40-30(27)41-17-21(18-41)16-37-31(42)24(10-2)29(36-8)34(5,6)7;1-2/h10-15,21H,9,16-18H2,1-8H3,(H,37,42)(H,43,44);1-2H3/b24-10+,28-19-,36-29?;. The molecule has 1 aliphatic rings. The number of nitrogens with one attached hydrogen (secondary N) is 1. The second kappa shape index (κ2) is 16.4.